The van der Waals surface area contributed by atoms with Crippen molar-refractivity contribution in [2.45, 2.75) is 46.1 Å². The van der Waals surface area contributed by atoms with Gasteiger partial charge in [-0.1, -0.05) is 38.0 Å². The lowest BCUT2D eigenvalue weighted by atomic mass is 9.82. The molecule has 0 bridgehead atoms. The molecule has 0 aliphatic heterocycles. The lowest BCUT2D eigenvalue weighted by Crippen LogP contribution is -2.26. The highest BCUT2D eigenvalue weighted by molar-refractivity contribution is 5.33. The molecule has 2 rings (SSSR count). The Morgan fingerprint density at radius 1 is 1.26 bits per heavy atom. The highest BCUT2D eigenvalue weighted by Crippen LogP contribution is 2.28. The number of hydrogen-bond donors (Lipinski definition) is 1. The standard InChI is InChI=1S/C17H27NO/c1-3-19-17-10-5-4-9-16(17)13-18-12-15-8-6-7-14(2)11-15/h4-5,9-10,14-15,18H,3,6-8,11-13H2,1-2H3. The van der Waals surface area contributed by atoms with Gasteiger partial charge in [-0.15, -0.1) is 0 Å². The first-order chi connectivity index (χ1) is 9.29. The molecule has 2 nitrogen and oxygen atoms in total. The van der Waals surface area contributed by atoms with E-state index in [4.69, 9.17) is 4.74 Å². The first kappa shape index (κ1) is 14.4. The molecule has 0 saturated heterocycles. The van der Waals surface area contributed by atoms with Gasteiger partial charge in [-0.3, -0.25) is 0 Å². The van der Waals surface area contributed by atoms with Gasteiger partial charge < -0.3 is 10.1 Å². The van der Waals surface area contributed by atoms with Crippen LogP contribution in [0, 0.1) is 11.8 Å². The van der Waals surface area contributed by atoms with Crippen LogP contribution in [0.1, 0.15) is 45.1 Å². The topological polar surface area (TPSA) is 21.3 Å². The molecule has 0 aromatic heterocycles. The van der Waals surface area contributed by atoms with E-state index in [1.165, 1.54) is 31.2 Å². The molecule has 1 aromatic rings. The summed E-state index contributed by atoms with van der Waals surface area (Å²) in [6.07, 6.45) is 5.61. The molecule has 2 unspecified atom stereocenters. The van der Waals surface area contributed by atoms with E-state index in [2.05, 4.69) is 30.4 Å². The molecule has 0 heterocycles. The Morgan fingerprint density at radius 2 is 2.11 bits per heavy atom. The predicted molar refractivity (Wildman–Crippen MR) is 80.4 cm³/mol. The van der Waals surface area contributed by atoms with Gasteiger partial charge in [-0.05, 0) is 44.2 Å². The van der Waals surface area contributed by atoms with Crippen LogP contribution in [-0.2, 0) is 6.54 Å². The number of benzene rings is 1. The van der Waals surface area contributed by atoms with Crippen molar-refractivity contribution in [3.8, 4) is 5.75 Å². The van der Waals surface area contributed by atoms with Crippen LogP contribution in [0.3, 0.4) is 0 Å². The number of hydrogen-bond acceptors (Lipinski definition) is 2. The number of rotatable bonds is 6. The van der Waals surface area contributed by atoms with Gasteiger partial charge in [0, 0.05) is 12.1 Å². The van der Waals surface area contributed by atoms with Gasteiger partial charge in [0.1, 0.15) is 5.75 Å². The van der Waals surface area contributed by atoms with Crippen molar-refractivity contribution in [3.05, 3.63) is 29.8 Å². The van der Waals surface area contributed by atoms with Crippen molar-refractivity contribution in [1.29, 1.82) is 0 Å². The van der Waals surface area contributed by atoms with Crippen molar-refractivity contribution >= 4 is 0 Å². The third kappa shape index (κ3) is 4.54. The fourth-order valence-corrected chi connectivity index (χ4v) is 3.10. The van der Waals surface area contributed by atoms with Gasteiger partial charge in [0.2, 0.25) is 0 Å². The maximum Gasteiger partial charge on any atom is 0.123 e. The van der Waals surface area contributed by atoms with Crippen LogP contribution in [0.5, 0.6) is 5.75 Å². The minimum atomic E-state index is 0.733. The van der Waals surface area contributed by atoms with Crippen LogP contribution in [-0.4, -0.2) is 13.2 Å². The molecule has 1 aliphatic carbocycles. The van der Waals surface area contributed by atoms with Crippen molar-refractivity contribution in [3.63, 3.8) is 0 Å². The summed E-state index contributed by atoms with van der Waals surface area (Å²) in [6.45, 7) is 7.22. The summed E-state index contributed by atoms with van der Waals surface area (Å²) in [6, 6.07) is 8.34. The smallest absolute Gasteiger partial charge is 0.123 e. The average Bonchev–Trinajstić information content (AvgIpc) is 2.41. The molecule has 1 aliphatic rings. The molecule has 0 radical (unpaired) electrons. The van der Waals surface area contributed by atoms with E-state index in [9.17, 15) is 0 Å². The van der Waals surface area contributed by atoms with Gasteiger partial charge in [-0.2, -0.15) is 0 Å². The summed E-state index contributed by atoms with van der Waals surface area (Å²) in [7, 11) is 0. The van der Waals surface area contributed by atoms with Crippen molar-refractivity contribution in [2.24, 2.45) is 11.8 Å². The monoisotopic (exact) mass is 261 g/mol. The first-order valence-electron chi connectivity index (χ1n) is 7.71. The lowest BCUT2D eigenvalue weighted by Gasteiger charge is -2.27. The van der Waals surface area contributed by atoms with Crippen LogP contribution in [0.4, 0.5) is 0 Å². The third-order valence-electron chi connectivity index (χ3n) is 4.07. The lowest BCUT2D eigenvalue weighted by molar-refractivity contribution is 0.273. The van der Waals surface area contributed by atoms with E-state index >= 15 is 0 Å². The quantitative estimate of drug-likeness (QED) is 0.835. The first-order valence-corrected chi connectivity index (χ1v) is 7.71. The second kappa shape index (κ2) is 7.54. The highest BCUT2D eigenvalue weighted by Gasteiger charge is 2.18. The average molecular weight is 261 g/mol. The van der Waals surface area contributed by atoms with E-state index in [1.54, 1.807) is 0 Å². The van der Waals surface area contributed by atoms with E-state index in [0.29, 0.717) is 0 Å². The van der Waals surface area contributed by atoms with Crippen molar-refractivity contribution in [2.75, 3.05) is 13.2 Å². The van der Waals surface area contributed by atoms with Crippen LogP contribution < -0.4 is 10.1 Å². The molecule has 19 heavy (non-hydrogen) atoms. The van der Waals surface area contributed by atoms with Gasteiger partial charge in [0.25, 0.3) is 0 Å². The maximum absolute atomic E-state index is 5.66. The number of ether oxygens (including phenoxy) is 1. The molecule has 1 fully saturated rings. The van der Waals surface area contributed by atoms with Crippen LogP contribution >= 0.6 is 0 Å². The molecule has 2 atom stereocenters. The van der Waals surface area contributed by atoms with Crippen LogP contribution in [0.15, 0.2) is 24.3 Å². The number of para-hydroxylation sites is 1. The second-order valence-corrected chi connectivity index (χ2v) is 5.81. The molecular formula is C17H27NO. The fourth-order valence-electron chi connectivity index (χ4n) is 3.10. The van der Waals surface area contributed by atoms with E-state index in [-0.39, 0.29) is 0 Å². The molecule has 1 aromatic carbocycles. The highest BCUT2D eigenvalue weighted by atomic mass is 16.5. The zero-order valence-corrected chi connectivity index (χ0v) is 12.3. The summed E-state index contributed by atoms with van der Waals surface area (Å²) in [5.41, 5.74) is 1.27. The Kier molecular flexibility index (Phi) is 5.71. The van der Waals surface area contributed by atoms with Gasteiger partial charge in [-0.25, -0.2) is 0 Å². The Hall–Kier alpha value is -1.02. The molecule has 0 spiro atoms. The fraction of sp³-hybridized carbons (Fsp3) is 0.647. The SMILES string of the molecule is CCOc1ccccc1CNCC1CCCC(C)C1. The van der Waals surface area contributed by atoms with E-state index < -0.39 is 0 Å². The largest absolute Gasteiger partial charge is 0.494 e. The Bertz CT molecular complexity index is 377. The van der Waals surface area contributed by atoms with Crippen molar-refractivity contribution < 1.29 is 4.74 Å². The summed E-state index contributed by atoms with van der Waals surface area (Å²) in [4.78, 5) is 0. The summed E-state index contributed by atoms with van der Waals surface area (Å²) >= 11 is 0. The minimum absolute atomic E-state index is 0.733. The molecule has 0 amide bonds. The maximum atomic E-state index is 5.66. The summed E-state index contributed by atoms with van der Waals surface area (Å²) in [5, 5.41) is 3.61. The Balaban J connectivity index is 1.78. The molecule has 1 saturated carbocycles. The van der Waals surface area contributed by atoms with E-state index in [1.807, 2.05) is 13.0 Å². The van der Waals surface area contributed by atoms with Crippen LogP contribution in [0.2, 0.25) is 0 Å². The summed E-state index contributed by atoms with van der Waals surface area (Å²) in [5.74, 6) is 2.80. The van der Waals surface area contributed by atoms with Gasteiger partial charge >= 0.3 is 0 Å². The van der Waals surface area contributed by atoms with Gasteiger partial charge in [0.05, 0.1) is 6.61 Å². The number of nitrogens with one attached hydrogen (secondary N) is 1. The molecule has 1 N–H and O–H groups in total. The molecule has 2 heteroatoms. The predicted octanol–water partition coefficient (Wildman–Crippen LogP) is 4.00. The third-order valence-corrected chi connectivity index (χ3v) is 4.07. The molecular weight excluding hydrogens is 234 g/mol. The van der Waals surface area contributed by atoms with E-state index in [0.717, 1.165) is 37.3 Å². The van der Waals surface area contributed by atoms with Gasteiger partial charge in [0.15, 0.2) is 0 Å². The van der Waals surface area contributed by atoms with Crippen LogP contribution in [0.25, 0.3) is 0 Å². The minimum Gasteiger partial charge on any atom is -0.494 e. The Labute approximate surface area is 117 Å². The normalized spacial score (nSPS) is 23.3. The zero-order chi connectivity index (χ0) is 13.5. The zero-order valence-electron chi connectivity index (χ0n) is 12.3. The Morgan fingerprint density at radius 3 is 2.89 bits per heavy atom. The molecule has 106 valence electrons. The van der Waals surface area contributed by atoms with Crippen molar-refractivity contribution in [1.82, 2.24) is 5.32 Å². The second-order valence-electron chi connectivity index (χ2n) is 5.81. The summed E-state index contributed by atoms with van der Waals surface area (Å²) < 4.78 is 5.66.